The van der Waals surface area contributed by atoms with Gasteiger partial charge in [0.25, 0.3) is 11.8 Å². The molecule has 0 unspecified atom stereocenters. The lowest BCUT2D eigenvalue weighted by molar-refractivity contribution is -0.263. The molecular formula is C33H35F2N5O7S. The molecule has 2 aliphatic rings. The van der Waals surface area contributed by atoms with Crippen molar-refractivity contribution >= 4 is 41.4 Å². The summed E-state index contributed by atoms with van der Waals surface area (Å²) in [6, 6.07) is 19.2. The van der Waals surface area contributed by atoms with E-state index >= 15 is 0 Å². The van der Waals surface area contributed by atoms with Crippen LogP contribution in [0.3, 0.4) is 0 Å². The van der Waals surface area contributed by atoms with Crippen molar-refractivity contribution in [2.24, 2.45) is 0 Å². The molecule has 0 aliphatic carbocycles. The predicted octanol–water partition coefficient (Wildman–Crippen LogP) is 5.29. The zero-order chi connectivity index (χ0) is 34.5. The zero-order valence-corrected chi connectivity index (χ0v) is 27.3. The lowest BCUT2D eigenvalue weighted by Gasteiger charge is -2.32. The minimum absolute atomic E-state index is 0.0809. The van der Waals surface area contributed by atoms with Gasteiger partial charge in [0.2, 0.25) is 0 Å². The standard InChI is InChI=1S/C33H35F2N5O7S/c1-32(2,3)47-31(44)36-25-19-48-27-14-11-22(28(41)37-38-30(43)39-15-16-45-33(34,35)20-39)17-26(27)40(29(25)42)18-21-9-12-24(13-10-21)46-23-7-5-4-6-8-23/h4-14,17,25H,15-16,18-20H2,1-3H3,(H,36,44)(H,37,41)(H,38,43)/t25-/m0/s1. The van der Waals surface area contributed by atoms with Crippen LogP contribution in [0.25, 0.3) is 0 Å². The minimum atomic E-state index is -3.49. The molecule has 3 aromatic carbocycles. The number of hydrazine groups is 1. The Bertz CT molecular complexity index is 1650. The van der Waals surface area contributed by atoms with Crippen LogP contribution >= 0.6 is 11.8 Å². The van der Waals surface area contributed by atoms with Crippen LogP contribution < -0.4 is 25.8 Å². The smallest absolute Gasteiger partial charge is 0.408 e. The van der Waals surface area contributed by atoms with Gasteiger partial charge in [0, 0.05) is 22.8 Å². The highest BCUT2D eigenvalue weighted by atomic mass is 32.2. The van der Waals surface area contributed by atoms with Gasteiger partial charge in [-0.1, -0.05) is 30.3 Å². The molecule has 0 spiro atoms. The van der Waals surface area contributed by atoms with Crippen LogP contribution in [0.15, 0.2) is 77.7 Å². The van der Waals surface area contributed by atoms with Crippen LogP contribution in [0.1, 0.15) is 36.7 Å². The normalized spacial score (nSPS) is 17.4. The molecule has 3 N–H and O–H groups in total. The van der Waals surface area contributed by atoms with E-state index in [1.54, 1.807) is 51.1 Å². The third-order valence-electron chi connectivity index (χ3n) is 7.04. The molecule has 1 fully saturated rings. The van der Waals surface area contributed by atoms with E-state index in [0.717, 1.165) is 10.5 Å². The molecule has 0 bridgehead atoms. The van der Waals surface area contributed by atoms with E-state index in [-0.39, 0.29) is 31.0 Å². The van der Waals surface area contributed by atoms with Crippen LogP contribution in [-0.2, 0) is 20.8 Å². The maximum atomic E-state index is 14.0. The SMILES string of the molecule is CC(C)(C)OC(=O)N[C@H]1CSc2ccc(C(=O)NNC(=O)N3CCOC(F)(F)C3)cc2N(Cc2ccc(Oc3ccccc3)cc2)C1=O. The van der Waals surface area contributed by atoms with Crippen molar-refractivity contribution in [2.75, 3.05) is 30.3 Å². The number of anilines is 1. The monoisotopic (exact) mass is 683 g/mol. The first-order valence-corrected chi connectivity index (χ1v) is 16.0. The first-order chi connectivity index (χ1) is 22.8. The van der Waals surface area contributed by atoms with Crippen LogP contribution in [0.5, 0.6) is 11.5 Å². The molecule has 12 nitrogen and oxygen atoms in total. The first-order valence-electron chi connectivity index (χ1n) is 15.0. The molecule has 5 amide bonds. The second kappa shape index (κ2) is 14.5. The number of alkyl halides is 2. The summed E-state index contributed by atoms with van der Waals surface area (Å²) in [5, 5.41) is 2.67. The van der Waals surface area contributed by atoms with E-state index in [4.69, 9.17) is 9.47 Å². The van der Waals surface area contributed by atoms with E-state index in [0.29, 0.717) is 22.1 Å². The summed E-state index contributed by atoms with van der Waals surface area (Å²) >= 11 is 1.31. The molecule has 2 aliphatic heterocycles. The number of amides is 5. The second-order valence-corrected chi connectivity index (χ2v) is 13.0. The van der Waals surface area contributed by atoms with Crippen LogP contribution in [-0.4, -0.2) is 72.0 Å². The molecule has 0 aromatic heterocycles. The number of morpholine rings is 1. The van der Waals surface area contributed by atoms with Gasteiger partial charge in [-0.3, -0.25) is 15.0 Å². The Labute approximate surface area is 280 Å². The number of hydrogen-bond donors (Lipinski definition) is 3. The van der Waals surface area contributed by atoms with Crippen LogP contribution in [0, 0.1) is 0 Å². The summed E-state index contributed by atoms with van der Waals surface area (Å²) in [4.78, 5) is 55.2. The van der Waals surface area contributed by atoms with E-state index < -0.39 is 48.2 Å². The molecule has 48 heavy (non-hydrogen) atoms. The van der Waals surface area contributed by atoms with Gasteiger partial charge in [-0.2, -0.15) is 8.78 Å². The molecule has 0 radical (unpaired) electrons. The van der Waals surface area contributed by atoms with Gasteiger partial charge < -0.3 is 29.3 Å². The molecule has 2 heterocycles. The van der Waals surface area contributed by atoms with Gasteiger partial charge in [-0.15, -0.1) is 11.8 Å². The van der Waals surface area contributed by atoms with Gasteiger partial charge in [0.1, 0.15) is 29.7 Å². The summed E-state index contributed by atoms with van der Waals surface area (Å²) in [6.07, 6.45) is -4.24. The van der Waals surface area contributed by atoms with Crippen molar-refractivity contribution in [3.8, 4) is 11.5 Å². The number of nitrogens with one attached hydrogen (secondary N) is 3. The third kappa shape index (κ3) is 9.13. The van der Waals surface area contributed by atoms with Gasteiger partial charge in [0.15, 0.2) is 0 Å². The quantitative estimate of drug-likeness (QED) is 0.298. The van der Waals surface area contributed by atoms with Crippen molar-refractivity contribution in [3.05, 3.63) is 83.9 Å². The topological polar surface area (TPSA) is 139 Å². The summed E-state index contributed by atoms with van der Waals surface area (Å²) in [7, 11) is 0. The number of alkyl carbamates (subject to hydrolysis) is 1. The minimum Gasteiger partial charge on any atom is -0.457 e. The molecule has 1 atom stereocenters. The Morgan fingerprint density at radius 1 is 1.00 bits per heavy atom. The van der Waals surface area contributed by atoms with Crippen molar-refractivity contribution < 1.29 is 42.2 Å². The number of rotatable bonds is 6. The van der Waals surface area contributed by atoms with Crippen molar-refractivity contribution in [1.29, 1.82) is 0 Å². The number of fused-ring (bicyclic) bond motifs is 1. The van der Waals surface area contributed by atoms with E-state index in [2.05, 4.69) is 20.9 Å². The lowest BCUT2D eigenvalue weighted by atomic mass is 10.1. The van der Waals surface area contributed by atoms with Crippen molar-refractivity contribution in [2.45, 2.75) is 50.0 Å². The Morgan fingerprint density at radius 2 is 1.71 bits per heavy atom. The highest BCUT2D eigenvalue weighted by molar-refractivity contribution is 7.99. The Hall–Kier alpha value is -4.89. The van der Waals surface area contributed by atoms with E-state index in [9.17, 15) is 28.0 Å². The largest absolute Gasteiger partial charge is 0.457 e. The van der Waals surface area contributed by atoms with Gasteiger partial charge in [-0.25, -0.2) is 15.0 Å². The highest BCUT2D eigenvalue weighted by Gasteiger charge is 2.39. The van der Waals surface area contributed by atoms with Crippen molar-refractivity contribution in [3.63, 3.8) is 0 Å². The Morgan fingerprint density at radius 3 is 2.40 bits per heavy atom. The summed E-state index contributed by atoms with van der Waals surface area (Å²) in [6.45, 7) is 3.84. The number of urea groups is 1. The first kappa shape index (κ1) is 34.4. The zero-order valence-electron chi connectivity index (χ0n) is 26.5. The summed E-state index contributed by atoms with van der Waals surface area (Å²) < 4.78 is 42.8. The van der Waals surface area contributed by atoms with Crippen LogP contribution in [0.4, 0.5) is 24.1 Å². The lowest BCUT2D eigenvalue weighted by Crippen LogP contribution is -2.55. The van der Waals surface area contributed by atoms with Crippen LogP contribution in [0.2, 0.25) is 0 Å². The Balaban J connectivity index is 1.36. The molecule has 0 saturated carbocycles. The molecule has 1 saturated heterocycles. The second-order valence-electron chi connectivity index (χ2n) is 12.0. The molecule has 254 valence electrons. The fourth-order valence-corrected chi connectivity index (χ4v) is 5.87. The average Bonchev–Trinajstić information content (AvgIpc) is 3.15. The third-order valence-corrected chi connectivity index (χ3v) is 8.19. The number of para-hydroxylation sites is 1. The summed E-state index contributed by atoms with van der Waals surface area (Å²) in [5.41, 5.74) is 4.83. The number of halogens is 2. The van der Waals surface area contributed by atoms with E-state index in [1.807, 2.05) is 30.3 Å². The molecule has 15 heteroatoms. The molecule has 5 rings (SSSR count). The number of carbonyl (C=O) groups excluding carboxylic acids is 4. The number of hydrogen-bond acceptors (Lipinski definition) is 8. The number of ether oxygens (including phenoxy) is 3. The molecule has 3 aromatic rings. The maximum absolute atomic E-state index is 14.0. The van der Waals surface area contributed by atoms with Gasteiger partial charge >= 0.3 is 18.2 Å². The Kier molecular flexibility index (Phi) is 10.4. The van der Waals surface area contributed by atoms with Crippen molar-refractivity contribution in [1.82, 2.24) is 21.1 Å². The number of nitrogens with zero attached hydrogens (tertiary/aromatic N) is 2. The fourth-order valence-electron chi connectivity index (χ4n) is 4.82. The average molecular weight is 684 g/mol. The van der Waals surface area contributed by atoms with E-state index in [1.165, 1.54) is 28.8 Å². The fraction of sp³-hybridized carbons (Fsp3) is 0.333. The summed E-state index contributed by atoms with van der Waals surface area (Å²) in [5.74, 6) is 0.278. The number of carbonyl (C=O) groups is 4. The van der Waals surface area contributed by atoms with Gasteiger partial charge in [0.05, 0.1) is 18.8 Å². The van der Waals surface area contributed by atoms with Gasteiger partial charge in [-0.05, 0) is 68.8 Å². The number of benzene rings is 3. The highest BCUT2D eigenvalue weighted by Crippen LogP contribution is 2.36. The predicted molar refractivity (Wildman–Crippen MR) is 173 cm³/mol. The maximum Gasteiger partial charge on any atom is 0.408 e. The molecular weight excluding hydrogens is 648 g/mol. The number of thioether (sulfide) groups is 1.